The van der Waals surface area contributed by atoms with Gasteiger partial charge in [-0.15, -0.1) is 0 Å². The first-order valence-corrected chi connectivity index (χ1v) is 5.25. The van der Waals surface area contributed by atoms with E-state index in [2.05, 4.69) is 5.32 Å². The second kappa shape index (κ2) is 6.80. The van der Waals surface area contributed by atoms with Crippen LogP contribution in [-0.2, 0) is 4.74 Å². The standard InChI is InChI=1S/C11H16ClNO2/c1-15-7-6-13-11(8-14)9-4-2-3-5-10(9)12/h2-5,11,13-14H,6-8H2,1H3. The highest BCUT2D eigenvalue weighted by atomic mass is 35.5. The van der Waals surface area contributed by atoms with Crippen molar-refractivity contribution in [3.63, 3.8) is 0 Å². The fourth-order valence-electron chi connectivity index (χ4n) is 1.37. The van der Waals surface area contributed by atoms with E-state index in [-0.39, 0.29) is 12.6 Å². The van der Waals surface area contributed by atoms with Gasteiger partial charge in [0.2, 0.25) is 0 Å². The number of hydrogen-bond donors (Lipinski definition) is 2. The molecule has 0 saturated heterocycles. The van der Waals surface area contributed by atoms with Crippen molar-refractivity contribution in [3.8, 4) is 0 Å². The molecule has 0 fully saturated rings. The molecule has 0 heterocycles. The number of benzene rings is 1. The topological polar surface area (TPSA) is 41.5 Å². The molecule has 1 aromatic rings. The Morgan fingerprint density at radius 2 is 2.20 bits per heavy atom. The van der Waals surface area contributed by atoms with E-state index in [4.69, 9.17) is 16.3 Å². The SMILES string of the molecule is COCCNC(CO)c1ccccc1Cl. The van der Waals surface area contributed by atoms with Gasteiger partial charge < -0.3 is 15.2 Å². The lowest BCUT2D eigenvalue weighted by molar-refractivity contribution is 0.184. The Bertz CT molecular complexity index is 294. The molecule has 0 radical (unpaired) electrons. The Kier molecular flexibility index (Phi) is 5.65. The number of methoxy groups -OCH3 is 1. The Balaban J connectivity index is 2.61. The van der Waals surface area contributed by atoms with E-state index >= 15 is 0 Å². The highest BCUT2D eigenvalue weighted by Gasteiger charge is 2.11. The molecule has 0 amide bonds. The van der Waals surface area contributed by atoms with Gasteiger partial charge in [0.15, 0.2) is 0 Å². The molecule has 0 spiro atoms. The summed E-state index contributed by atoms with van der Waals surface area (Å²) in [7, 11) is 1.64. The summed E-state index contributed by atoms with van der Waals surface area (Å²) >= 11 is 6.03. The van der Waals surface area contributed by atoms with Crippen LogP contribution in [-0.4, -0.2) is 32.0 Å². The van der Waals surface area contributed by atoms with Gasteiger partial charge in [0.25, 0.3) is 0 Å². The van der Waals surface area contributed by atoms with Crippen LogP contribution >= 0.6 is 11.6 Å². The van der Waals surface area contributed by atoms with Crippen LogP contribution in [0.2, 0.25) is 5.02 Å². The molecule has 1 atom stereocenters. The molecule has 0 aromatic heterocycles. The largest absolute Gasteiger partial charge is 0.394 e. The quantitative estimate of drug-likeness (QED) is 0.729. The van der Waals surface area contributed by atoms with E-state index in [1.54, 1.807) is 7.11 Å². The van der Waals surface area contributed by atoms with Crippen molar-refractivity contribution >= 4 is 11.6 Å². The molecule has 0 bridgehead atoms. The van der Waals surface area contributed by atoms with Gasteiger partial charge >= 0.3 is 0 Å². The van der Waals surface area contributed by atoms with Crippen LogP contribution in [0.4, 0.5) is 0 Å². The molecule has 0 aliphatic carbocycles. The minimum absolute atomic E-state index is 0.0213. The maximum atomic E-state index is 9.24. The molecule has 1 unspecified atom stereocenters. The summed E-state index contributed by atoms with van der Waals surface area (Å²) in [5, 5.41) is 13.1. The van der Waals surface area contributed by atoms with Gasteiger partial charge in [0.1, 0.15) is 0 Å². The van der Waals surface area contributed by atoms with Crippen molar-refractivity contribution in [2.75, 3.05) is 26.9 Å². The fourth-order valence-corrected chi connectivity index (χ4v) is 1.63. The Morgan fingerprint density at radius 1 is 1.47 bits per heavy atom. The number of hydrogen-bond acceptors (Lipinski definition) is 3. The first-order valence-electron chi connectivity index (χ1n) is 4.87. The Labute approximate surface area is 95.0 Å². The summed E-state index contributed by atoms with van der Waals surface area (Å²) in [4.78, 5) is 0. The molecule has 4 heteroatoms. The lowest BCUT2D eigenvalue weighted by Gasteiger charge is -2.17. The van der Waals surface area contributed by atoms with Crippen LogP contribution in [0.25, 0.3) is 0 Å². The molecule has 3 nitrogen and oxygen atoms in total. The fraction of sp³-hybridized carbons (Fsp3) is 0.455. The van der Waals surface area contributed by atoms with Crippen molar-refractivity contribution < 1.29 is 9.84 Å². The van der Waals surface area contributed by atoms with Crippen LogP contribution in [0, 0.1) is 0 Å². The predicted octanol–water partition coefficient (Wildman–Crippen LogP) is 1.61. The number of rotatable bonds is 6. The molecule has 15 heavy (non-hydrogen) atoms. The van der Waals surface area contributed by atoms with Crippen LogP contribution in [0.15, 0.2) is 24.3 Å². The maximum Gasteiger partial charge on any atom is 0.0627 e. The number of aliphatic hydroxyl groups is 1. The zero-order valence-corrected chi connectivity index (χ0v) is 9.50. The molecule has 0 aliphatic rings. The van der Waals surface area contributed by atoms with Gasteiger partial charge in [-0.25, -0.2) is 0 Å². The van der Waals surface area contributed by atoms with Gasteiger partial charge in [0.05, 0.1) is 19.3 Å². The zero-order valence-electron chi connectivity index (χ0n) is 8.74. The van der Waals surface area contributed by atoms with E-state index in [1.165, 1.54) is 0 Å². The van der Waals surface area contributed by atoms with Crippen molar-refractivity contribution in [3.05, 3.63) is 34.9 Å². The molecular weight excluding hydrogens is 214 g/mol. The van der Waals surface area contributed by atoms with Crippen LogP contribution in [0.1, 0.15) is 11.6 Å². The predicted molar refractivity (Wildman–Crippen MR) is 61.2 cm³/mol. The van der Waals surface area contributed by atoms with Crippen molar-refractivity contribution in [1.29, 1.82) is 0 Å². The monoisotopic (exact) mass is 229 g/mol. The first kappa shape index (κ1) is 12.5. The average Bonchev–Trinajstić information content (AvgIpc) is 2.26. The number of ether oxygens (including phenoxy) is 1. The minimum atomic E-state index is -0.131. The molecule has 2 N–H and O–H groups in total. The van der Waals surface area contributed by atoms with Gasteiger partial charge in [0, 0.05) is 18.7 Å². The number of aliphatic hydroxyl groups excluding tert-OH is 1. The Morgan fingerprint density at radius 3 is 2.80 bits per heavy atom. The normalized spacial score (nSPS) is 12.7. The molecule has 0 saturated carbocycles. The number of halogens is 1. The molecule has 1 rings (SSSR count). The zero-order chi connectivity index (χ0) is 11.1. The highest BCUT2D eigenvalue weighted by Crippen LogP contribution is 2.21. The van der Waals surface area contributed by atoms with E-state index in [9.17, 15) is 5.11 Å². The molecule has 84 valence electrons. The molecular formula is C11H16ClNO2. The third-order valence-electron chi connectivity index (χ3n) is 2.16. The van der Waals surface area contributed by atoms with Crippen molar-refractivity contribution in [1.82, 2.24) is 5.32 Å². The minimum Gasteiger partial charge on any atom is -0.394 e. The van der Waals surface area contributed by atoms with E-state index in [1.807, 2.05) is 24.3 Å². The second-order valence-electron chi connectivity index (χ2n) is 3.20. The lowest BCUT2D eigenvalue weighted by atomic mass is 10.1. The van der Waals surface area contributed by atoms with Gasteiger partial charge in [-0.1, -0.05) is 29.8 Å². The summed E-state index contributed by atoms with van der Waals surface area (Å²) in [6, 6.07) is 7.37. The summed E-state index contributed by atoms with van der Waals surface area (Å²) in [6.07, 6.45) is 0. The summed E-state index contributed by atoms with van der Waals surface area (Å²) in [5.41, 5.74) is 0.915. The lowest BCUT2D eigenvalue weighted by Crippen LogP contribution is -2.27. The summed E-state index contributed by atoms with van der Waals surface area (Å²) in [5.74, 6) is 0. The van der Waals surface area contributed by atoms with Crippen LogP contribution in [0.3, 0.4) is 0 Å². The van der Waals surface area contributed by atoms with Crippen molar-refractivity contribution in [2.24, 2.45) is 0 Å². The van der Waals surface area contributed by atoms with Gasteiger partial charge in [-0.3, -0.25) is 0 Å². The Hall–Kier alpha value is -0.610. The smallest absolute Gasteiger partial charge is 0.0627 e. The van der Waals surface area contributed by atoms with Gasteiger partial charge in [-0.2, -0.15) is 0 Å². The molecule has 1 aromatic carbocycles. The third-order valence-corrected chi connectivity index (χ3v) is 2.50. The van der Waals surface area contributed by atoms with Crippen LogP contribution in [0.5, 0.6) is 0 Å². The third kappa shape index (κ3) is 3.80. The summed E-state index contributed by atoms with van der Waals surface area (Å²) < 4.78 is 4.93. The van der Waals surface area contributed by atoms with E-state index in [0.717, 1.165) is 5.56 Å². The first-order chi connectivity index (χ1) is 7.29. The van der Waals surface area contributed by atoms with E-state index < -0.39 is 0 Å². The van der Waals surface area contributed by atoms with Crippen LogP contribution < -0.4 is 5.32 Å². The van der Waals surface area contributed by atoms with Crippen molar-refractivity contribution in [2.45, 2.75) is 6.04 Å². The highest BCUT2D eigenvalue weighted by molar-refractivity contribution is 6.31. The maximum absolute atomic E-state index is 9.24. The van der Waals surface area contributed by atoms with E-state index in [0.29, 0.717) is 18.2 Å². The van der Waals surface area contributed by atoms with Gasteiger partial charge in [-0.05, 0) is 11.6 Å². The summed E-state index contributed by atoms with van der Waals surface area (Å²) in [6.45, 7) is 1.32. The molecule has 0 aliphatic heterocycles. The average molecular weight is 230 g/mol. The number of nitrogens with one attached hydrogen (secondary N) is 1. The second-order valence-corrected chi connectivity index (χ2v) is 3.61.